The second-order valence-corrected chi connectivity index (χ2v) is 8.23. The van der Waals surface area contributed by atoms with Gasteiger partial charge in [-0.2, -0.15) is 0 Å². The highest BCUT2D eigenvalue weighted by atomic mass is 16.7. The van der Waals surface area contributed by atoms with E-state index in [2.05, 4.69) is 54.5 Å². The van der Waals surface area contributed by atoms with Gasteiger partial charge >= 0.3 is 0 Å². The average molecular weight is 405 g/mol. The molecule has 4 rings (SSSR count). The summed E-state index contributed by atoms with van der Waals surface area (Å²) >= 11 is 0. The van der Waals surface area contributed by atoms with Gasteiger partial charge in [-0.3, -0.25) is 9.36 Å². The van der Waals surface area contributed by atoms with Gasteiger partial charge < -0.3 is 14.8 Å². The van der Waals surface area contributed by atoms with Crippen LogP contribution in [-0.4, -0.2) is 40.5 Å². The van der Waals surface area contributed by atoms with Crippen molar-refractivity contribution in [2.24, 2.45) is 0 Å². The molecular weight excluding hydrogens is 378 g/mol. The molecule has 1 N–H and O–H groups in total. The maximum Gasteiger partial charge on any atom is 0.270 e. The lowest BCUT2D eigenvalue weighted by atomic mass is 10.0. The van der Waals surface area contributed by atoms with Crippen LogP contribution in [0, 0.1) is 13.8 Å². The van der Waals surface area contributed by atoms with Crippen molar-refractivity contribution >= 4 is 5.91 Å². The Morgan fingerprint density at radius 3 is 2.47 bits per heavy atom. The van der Waals surface area contributed by atoms with Crippen LogP contribution in [0.2, 0.25) is 0 Å². The number of imidazole rings is 1. The summed E-state index contributed by atoms with van der Waals surface area (Å²) in [7, 11) is 0. The first-order valence-corrected chi connectivity index (χ1v) is 10.1. The van der Waals surface area contributed by atoms with Crippen molar-refractivity contribution in [1.29, 1.82) is 0 Å². The second-order valence-electron chi connectivity index (χ2n) is 8.23. The van der Waals surface area contributed by atoms with Gasteiger partial charge in [0, 0.05) is 12.2 Å². The van der Waals surface area contributed by atoms with Crippen LogP contribution in [0.5, 0.6) is 0 Å². The van der Waals surface area contributed by atoms with Crippen molar-refractivity contribution in [2.45, 2.75) is 39.6 Å². The van der Waals surface area contributed by atoms with E-state index >= 15 is 0 Å². The monoisotopic (exact) mass is 405 g/mol. The highest BCUT2D eigenvalue weighted by Gasteiger charge is 2.32. The largest absolute Gasteiger partial charge is 0.348 e. The number of aromatic nitrogens is 2. The number of ether oxygens (including phenoxy) is 2. The zero-order valence-corrected chi connectivity index (χ0v) is 17.8. The van der Waals surface area contributed by atoms with E-state index in [0.29, 0.717) is 18.8 Å². The van der Waals surface area contributed by atoms with Crippen molar-refractivity contribution < 1.29 is 14.3 Å². The Morgan fingerprint density at radius 2 is 1.83 bits per heavy atom. The molecule has 1 aromatic heterocycles. The summed E-state index contributed by atoms with van der Waals surface area (Å²) in [6, 6.07) is 14.7. The second kappa shape index (κ2) is 8.05. The molecule has 0 saturated carbocycles. The van der Waals surface area contributed by atoms with Gasteiger partial charge in [0.15, 0.2) is 5.79 Å². The first-order valence-electron chi connectivity index (χ1n) is 10.1. The van der Waals surface area contributed by atoms with Crippen LogP contribution in [0.3, 0.4) is 0 Å². The van der Waals surface area contributed by atoms with E-state index in [1.807, 2.05) is 26.0 Å². The molecule has 1 aliphatic rings. The third kappa shape index (κ3) is 4.45. The number of hydrogen-bond donors (Lipinski definition) is 1. The minimum atomic E-state index is -0.602. The molecule has 2 heterocycles. The van der Waals surface area contributed by atoms with Crippen LogP contribution in [0.25, 0.3) is 16.8 Å². The van der Waals surface area contributed by atoms with Gasteiger partial charge in [-0.05, 0) is 51.0 Å². The predicted octanol–water partition coefficient (Wildman–Crippen LogP) is 4.04. The minimum absolute atomic E-state index is 0.155. The van der Waals surface area contributed by atoms with Crippen molar-refractivity contribution in [2.75, 3.05) is 13.2 Å². The smallest absolute Gasteiger partial charge is 0.270 e. The van der Waals surface area contributed by atoms with Gasteiger partial charge in [0.05, 0.1) is 19.1 Å². The fourth-order valence-electron chi connectivity index (χ4n) is 3.79. The topological polar surface area (TPSA) is 65.4 Å². The molecule has 0 bridgehead atoms. The number of rotatable bonds is 5. The van der Waals surface area contributed by atoms with Crippen molar-refractivity contribution in [3.63, 3.8) is 0 Å². The van der Waals surface area contributed by atoms with Crippen molar-refractivity contribution in [3.05, 3.63) is 71.8 Å². The summed E-state index contributed by atoms with van der Waals surface area (Å²) in [5.74, 6) is -0.798. The molecule has 6 nitrogen and oxygen atoms in total. The minimum Gasteiger partial charge on any atom is -0.348 e. The van der Waals surface area contributed by atoms with Crippen LogP contribution < -0.4 is 5.32 Å². The Hall–Kier alpha value is -2.96. The third-order valence-corrected chi connectivity index (χ3v) is 5.13. The molecule has 1 atom stereocenters. The number of benzene rings is 2. The molecule has 0 spiro atoms. The fourth-order valence-corrected chi connectivity index (χ4v) is 3.79. The van der Waals surface area contributed by atoms with Gasteiger partial charge in [-0.15, -0.1) is 0 Å². The molecule has 30 heavy (non-hydrogen) atoms. The van der Waals surface area contributed by atoms with Crippen LogP contribution in [0.1, 0.15) is 35.5 Å². The molecule has 1 amide bonds. The van der Waals surface area contributed by atoms with E-state index in [9.17, 15) is 4.79 Å². The summed E-state index contributed by atoms with van der Waals surface area (Å²) in [6.45, 7) is 8.79. The Labute approximate surface area is 176 Å². The SMILES string of the molecule is Cc1cc(C)cc(-c2ccc(-n3cncc3C(=O)NCC3COC(C)(C)O3)cc2)c1. The van der Waals surface area contributed by atoms with Gasteiger partial charge in [0.25, 0.3) is 5.91 Å². The van der Waals surface area contributed by atoms with Crippen molar-refractivity contribution in [1.82, 2.24) is 14.9 Å². The van der Waals surface area contributed by atoms with Crippen LogP contribution in [-0.2, 0) is 9.47 Å². The number of aryl methyl sites for hydroxylation is 2. The number of nitrogens with zero attached hydrogens (tertiary/aromatic N) is 2. The van der Waals surface area contributed by atoms with E-state index in [0.717, 1.165) is 11.3 Å². The maximum atomic E-state index is 12.7. The number of carbonyl (C=O) groups is 1. The average Bonchev–Trinajstić information content (AvgIpc) is 3.32. The highest BCUT2D eigenvalue weighted by Crippen LogP contribution is 2.24. The summed E-state index contributed by atoms with van der Waals surface area (Å²) in [5.41, 5.74) is 6.16. The predicted molar refractivity (Wildman–Crippen MR) is 116 cm³/mol. The number of nitrogens with one attached hydrogen (secondary N) is 1. The van der Waals surface area contributed by atoms with Gasteiger partial charge in [-0.1, -0.05) is 41.5 Å². The number of carbonyl (C=O) groups excluding carboxylic acids is 1. The standard InChI is InChI=1S/C24H27N3O3/c1-16-9-17(2)11-19(10-16)18-5-7-20(8-6-18)27-15-25-13-22(27)23(28)26-12-21-14-29-24(3,4)30-21/h5-11,13,15,21H,12,14H2,1-4H3,(H,26,28). The highest BCUT2D eigenvalue weighted by molar-refractivity contribution is 5.93. The lowest BCUT2D eigenvalue weighted by Gasteiger charge is -2.17. The molecule has 0 aliphatic carbocycles. The first kappa shape index (κ1) is 20.3. The van der Waals surface area contributed by atoms with E-state index in [4.69, 9.17) is 9.47 Å². The third-order valence-electron chi connectivity index (χ3n) is 5.13. The Morgan fingerprint density at radius 1 is 1.13 bits per heavy atom. The van der Waals surface area contributed by atoms with E-state index in [1.165, 1.54) is 16.7 Å². The van der Waals surface area contributed by atoms with Crippen LogP contribution in [0.4, 0.5) is 0 Å². The van der Waals surface area contributed by atoms with Crippen LogP contribution in [0.15, 0.2) is 55.0 Å². The Kier molecular flexibility index (Phi) is 5.45. The molecule has 0 radical (unpaired) electrons. The van der Waals surface area contributed by atoms with Gasteiger partial charge in [-0.25, -0.2) is 4.98 Å². The Balaban J connectivity index is 1.48. The molecule has 156 valence electrons. The lowest BCUT2D eigenvalue weighted by Crippen LogP contribution is -2.35. The zero-order valence-electron chi connectivity index (χ0n) is 17.8. The lowest BCUT2D eigenvalue weighted by molar-refractivity contribution is -0.137. The molecule has 2 aromatic carbocycles. The maximum absolute atomic E-state index is 12.7. The summed E-state index contributed by atoms with van der Waals surface area (Å²) in [6.07, 6.45) is 3.07. The van der Waals surface area contributed by atoms with Crippen molar-refractivity contribution in [3.8, 4) is 16.8 Å². The molecule has 1 fully saturated rings. The van der Waals surface area contributed by atoms with E-state index in [-0.39, 0.29) is 12.0 Å². The fraction of sp³-hybridized carbons (Fsp3) is 0.333. The van der Waals surface area contributed by atoms with Gasteiger partial charge in [0.2, 0.25) is 0 Å². The van der Waals surface area contributed by atoms with Crippen LogP contribution >= 0.6 is 0 Å². The first-order chi connectivity index (χ1) is 14.3. The molecule has 1 saturated heterocycles. The summed E-state index contributed by atoms with van der Waals surface area (Å²) in [5, 5.41) is 2.92. The Bertz CT molecular complexity index is 1030. The molecule has 6 heteroatoms. The number of hydrogen-bond acceptors (Lipinski definition) is 4. The zero-order chi connectivity index (χ0) is 21.3. The molecule has 3 aromatic rings. The molecular formula is C24H27N3O3. The molecule has 1 aliphatic heterocycles. The van der Waals surface area contributed by atoms with Gasteiger partial charge in [0.1, 0.15) is 11.8 Å². The molecule has 1 unspecified atom stereocenters. The summed E-state index contributed by atoms with van der Waals surface area (Å²) in [4.78, 5) is 16.9. The van der Waals surface area contributed by atoms with E-state index < -0.39 is 5.79 Å². The quantitative estimate of drug-likeness (QED) is 0.696. The van der Waals surface area contributed by atoms with E-state index in [1.54, 1.807) is 17.1 Å². The number of amides is 1. The summed E-state index contributed by atoms with van der Waals surface area (Å²) < 4.78 is 13.1. The normalized spacial score (nSPS) is 17.8.